The second kappa shape index (κ2) is 4.11. The molecule has 0 unspecified atom stereocenters. The molecule has 0 saturated heterocycles. The molecule has 0 bridgehead atoms. The summed E-state index contributed by atoms with van der Waals surface area (Å²) in [5.41, 5.74) is 2.94. The van der Waals surface area contributed by atoms with Crippen molar-refractivity contribution in [1.82, 2.24) is 4.98 Å². The van der Waals surface area contributed by atoms with E-state index in [-0.39, 0.29) is 5.78 Å². The number of hydrogen-bond acceptors (Lipinski definition) is 3. The number of nitrogens with one attached hydrogen (secondary N) is 1. The number of carbonyl (C=O) groups is 1. The average Bonchev–Trinajstić information content (AvgIpc) is 2.62. The van der Waals surface area contributed by atoms with E-state index in [0.29, 0.717) is 6.42 Å². The minimum Gasteiger partial charge on any atom is -0.497 e. The Morgan fingerprint density at radius 2 is 2.29 bits per heavy atom. The van der Waals surface area contributed by atoms with Gasteiger partial charge < -0.3 is 9.72 Å². The summed E-state index contributed by atoms with van der Waals surface area (Å²) in [5, 5.41) is 1.11. The maximum Gasteiger partial charge on any atom is 0.180 e. The first-order chi connectivity index (χ1) is 8.29. The molecule has 0 amide bonds. The van der Waals surface area contributed by atoms with Crippen LogP contribution in [0.25, 0.3) is 10.9 Å². The predicted molar refractivity (Wildman–Crippen MR) is 70.0 cm³/mol. The Morgan fingerprint density at radius 3 is 3.12 bits per heavy atom. The van der Waals surface area contributed by atoms with Gasteiger partial charge in [0.25, 0.3) is 0 Å². The van der Waals surface area contributed by atoms with Crippen molar-refractivity contribution in [2.45, 2.75) is 12.2 Å². The van der Waals surface area contributed by atoms with Crippen molar-refractivity contribution in [3.63, 3.8) is 0 Å². The minimum absolute atomic E-state index is 0.222. The van der Waals surface area contributed by atoms with E-state index in [0.717, 1.165) is 39.4 Å². The van der Waals surface area contributed by atoms with Gasteiger partial charge >= 0.3 is 0 Å². The minimum atomic E-state index is 0.222. The standard InChI is InChI=1S/C13H13NO2S/c1-16-8-2-3-11-9(6-8)10-7-17-5-4-12(15)13(10)14-11/h2-3,6,14H,4-5,7H2,1H3. The maximum atomic E-state index is 12.0. The fourth-order valence-corrected chi connectivity index (χ4v) is 3.18. The van der Waals surface area contributed by atoms with E-state index in [9.17, 15) is 4.79 Å². The molecule has 2 heterocycles. The fourth-order valence-electron chi connectivity index (χ4n) is 2.21. The van der Waals surface area contributed by atoms with E-state index < -0.39 is 0 Å². The molecule has 0 fully saturated rings. The van der Waals surface area contributed by atoms with Gasteiger partial charge in [-0.1, -0.05) is 0 Å². The number of ketones is 1. The zero-order chi connectivity index (χ0) is 11.8. The highest BCUT2D eigenvalue weighted by atomic mass is 32.2. The number of methoxy groups -OCH3 is 1. The van der Waals surface area contributed by atoms with E-state index >= 15 is 0 Å². The Balaban J connectivity index is 2.25. The van der Waals surface area contributed by atoms with Crippen molar-refractivity contribution in [3.05, 3.63) is 29.5 Å². The lowest BCUT2D eigenvalue weighted by atomic mass is 10.1. The van der Waals surface area contributed by atoms with Gasteiger partial charge in [-0.2, -0.15) is 11.8 Å². The Hall–Kier alpha value is -1.42. The summed E-state index contributed by atoms with van der Waals surface area (Å²) >= 11 is 1.81. The van der Waals surface area contributed by atoms with Crippen LogP contribution in [0, 0.1) is 0 Å². The summed E-state index contributed by atoms with van der Waals surface area (Å²) in [6, 6.07) is 5.89. The smallest absolute Gasteiger partial charge is 0.180 e. The molecule has 1 N–H and O–H groups in total. The Kier molecular flexibility index (Phi) is 2.59. The number of aromatic amines is 1. The van der Waals surface area contributed by atoms with Crippen molar-refractivity contribution in [3.8, 4) is 5.75 Å². The number of carbonyl (C=O) groups excluding carboxylic acids is 1. The summed E-state index contributed by atoms with van der Waals surface area (Å²) in [5.74, 6) is 2.86. The molecular weight excluding hydrogens is 234 g/mol. The van der Waals surface area contributed by atoms with E-state index in [2.05, 4.69) is 4.98 Å². The number of ether oxygens (including phenoxy) is 1. The van der Waals surface area contributed by atoms with Gasteiger partial charge in [-0.25, -0.2) is 0 Å². The third kappa shape index (κ3) is 1.72. The van der Waals surface area contributed by atoms with Crippen molar-refractivity contribution >= 4 is 28.4 Å². The Labute approximate surface area is 104 Å². The van der Waals surface area contributed by atoms with Crippen molar-refractivity contribution < 1.29 is 9.53 Å². The summed E-state index contributed by atoms with van der Waals surface area (Å²) in [4.78, 5) is 15.2. The highest BCUT2D eigenvalue weighted by Crippen LogP contribution is 2.32. The zero-order valence-electron chi connectivity index (χ0n) is 9.58. The number of benzene rings is 1. The quantitative estimate of drug-likeness (QED) is 0.842. The van der Waals surface area contributed by atoms with Crippen LogP contribution in [0.5, 0.6) is 5.75 Å². The largest absolute Gasteiger partial charge is 0.497 e. The summed E-state index contributed by atoms with van der Waals surface area (Å²) in [6.07, 6.45) is 0.627. The van der Waals surface area contributed by atoms with Gasteiger partial charge in [0.1, 0.15) is 5.75 Å². The van der Waals surface area contributed by atoms with Crippen LogP contribution >= 0.6 is 11.8 Å². The van der Waals surface area contributed by atoms with Gasteiger partial charge in [-0.05, 0) is 23.8 Å². The molecule has 0 spiro atoms. The van der Waals surface area contributed by atoms with Gasteiger partial charge in [0, 0.05) is 28.8 Å². The molecule has 2 aromatic rings. The second-order valence-corrected chi connectivity index (χ2v) is 5.22. The van der Waals surface area contributed by atoms with Crippen LogP contribution < -0.4 is 4.74 Å². The van der Waals surface area contributed by atoms with Crippen LogP contribution in [0.1, 0.15) is 22.5 Å². The topological polar surface area (TPSA) is 42.1 Å². The molecule has 3 rings (SSSR count). The van der Waals surface area contributed by atoms with Crippen LogP contribution in [-0.4, -0.2) is 23.6 Å². The third-order valence-corrected chi connectivity index (χ3v) is 4.10. The molecule has 17 heavy (non-hydrogen) atoms. The first-order valence-corrected chi connectivity index (χ1v) is 6.74. The number of H-pyrrole nitrogens is 1. The van der Waals surface area contributed by atoms with E-state index in [1.165, 1.54) is 0 Å². The molecule has 0 saturated carbocycles. The Morgan fingerprint density at radius 1 is 1.41 bits per heavy atom. The van der Waals surface area contributed by atoms with Crippen LogP contribution in [0.15, 0.2) is 18.2 Å². The number of aromatic nitrogens is 1. The normalized spacial score (nSPS) is 15.7. The van der Waals surface area contributed by atoms with Crippen LogP contribution in [0.4, 0.5) is 0 Å². The van der Waals surface area contributed by atoms with Crippen molar-refractivity contribution in [1.29, 1.82) is 0 Å². The first kappa shape index (κ1) is 10.7. The van der Waals surface area contributed by atoms with Gasteiger partial charge in [0.05, 0.1) is 12.8 Å². The van der Waals surface area contributed by atoms with Crippen LogP contribution in [0.3, 0.4) is 0 Å². The monoisotopic (exact) mass is 247 g/mol. The fraction of sp³-hybridized carbons (Fsp3) is 0.308. The van der Waals surface area contributed by atoms with E-state index in [1.807, 2.05) is 30.0 Å². The lowest BCUT2D eigenvalue weighted by molar-refractivity contribution is 0.0985. The zero-order valence-corrected chi connectivity index (χ0v) is 10.4. The average molecular weight is 247 g/mol. The summed E-state index contributed by atoms with van der Waals surface area (Å²) in [7, 11) is 1.66. The predicted octanol–water partition coefficient (Wildman–Crippen LogP) is 3.00. The molecule has 1 aromatic carbocycles. The molecule has 0 aliphatic carbocycles. The summed E-state index contributed by atoms with van der Waals surface area (Å²) in [6.45, 7) is 0. The molecule has 3 nitrogen and oxygen atoms in total. The molecular formula is C13H13NO2S. The van der Waals surface area contributed by atoms with E-state index in [4.69, 9.17) is 4.74 Å². The number of Topliss-reactive ketones (excluding diaryl/α,β-unsaturated/α-hetero) is 1. The number of hydrogen-bond donors (Lipinski definition) is 1. The van der Waals surface area contributed by atoms with Gasteiger partial charge in [0.15, 0.2) is 5.78 Å². The third-order valence-electron chi connectivity index (χ3n) is 3.11. The number of rotatable bonds is 1. The highest BCUT2D eigenvalue weighted by molar-refractivity contribution is 7.98. The van der Waals surface area contributed by atoms with Crippen molar-refractivity contribution in [2.24, 2.45) is 0 Å². The van der Waals surface area contributed by atoms with Gasteiger partial charge in [0.2, 0.25) is 0 Å². The molecule has 0 radical (unpaired) electrons. The molecule has 4 heteroatoms. The number of thioether (sulfide) groups is 1. The maximum absolute atomic E-state index is 12.0. The lowest BCUT2D eigenvalue weighted by Crippen LogP contribution is -2.00. The first-order valence-electron chi connectivity index (χ1n) is 5.59. The van der Waals surface area contributed by atoms with Gasteiger partial charge in [-0.15, -0.1) is 0 Å². The van der Waals surface area contributed by atoms with Crippen LogP contribution in [-0.2, 0) is 5.75 Å². The lowest BCUT2D eigenvalue weighted by Gasteiger charge is -2.01. The molecule has 1 aliphatic heterocycles. The van der Waals surface area contributed by atoms with E-state index in [1.54, 1.807) is 7.11 Å². The highest BCUT2D eigenvalue weighted by Gasteiger charge is 2.20. The molecule has 1 aromatic heterocycles. The van der Waals surface area contributed by atoms with Crippen molar-refractivity contribution in [2.75, 3.05) is 12.9 Å². The van der Waals surface area contributed by atoms with Gasteiger partial charge in [-0.3, -0.25) is 4.79 Å². The second-order valence-electron chi connectivity index (χ2n) is 4.12. The van der Waals surface area contributed by atoms with Crippen LogP contribution in [0.2, 0.25) is 0 Å². The molecule has 88 valence electrons. The Bertz CT molecular complexity index is 588. The number of fused-ring (bicyclic) bond motifs is 3. The SMILES string of the molecule is COc1ccc2[nH]c3c(c2c1)CSCCC3=O. The molecule has 1 aliphatic rings. The summed E-state index contributed by atoms with van der Waals surface area (Å²) < 4.78 is 5.24. The molecule has 0 atom stereocenters.